The standard InChI is InChI=1S/C7H8.C7H13/c1-2-7-4-3-6(1)5-7;1-7-5-3-2-4-6-7/h1-4,6-7H,5H2;7H,1-6H2. The largest absolute Gasteiger partial charge is 0.0810 e. The maximum Gasteiger partial charge on any atom is -0.00445 e. The zero-order valence-corrected chi connectivity index (χ0v) is 8.99. The highest BCUT2D eigenvalue weighted by molar-refractivity contribution is 5.21. The summed E-state index contributed by atoms with van der Waals surface area (Å²) in [4.78, 5) is 0. The third-order valence-corrected chi connectivity index (χ3v) is 3.48. The quantitative estimate of drug-likeness (QED) is 0.502. The van der Waals surface area contributed by atoms with Gasteiger partial charge in [-0.15, -0.1) is 0 Å². The van der Waals surface area contributed by atoms with Gasteiger partial charge in [-0.05, 0) is 24.2 Å². The van der Waals surface area contributed by atoms with Crippen LogP contribution in [0.2, 0.25) is 0 Å². The molecule has 0 atom stereocenters. The van der Waals surface area contributed by atoms with Crippen molar-refractivity contribution in [3.63, 3.8) is 0 Å². The molecule has 3 aliphatic rings. The summed E-state index contributed by atoms with van der Waals surface area (Å²) in [6.07, 6.45) is 17.6. The molecule has 0 aromatic carbocycles. The lowest BCUT2D eigenvalue weighted by Gasteiger charge is -2.15. The molecule has 0 spiro atoms. The Morgan fingerprint density at radius 3 is 1.50 bits per heavy atom. The zero-order valence-electron chi connectivity index (χ0n) is 8.99. The van der Waals surface area contributed by atoms with Crippen molar-refractivity contribution in [2.24, 2.45) is 17.8 Å². The SMILES string of the molecule is C1=CC2C=CC1C2.[CH2]C1CCCCC1. The van der Waals surface area contributed by atoms with E-state index in [-0.39, 0.29) is 0 Å². The van der Waals surface area contributed by atoms with Crippen LogP contribution in [0.5, 0.6) is 0 Å². The van der Waals surface area contributed by atoms with E-state index in [1.165, 1.54) is 38.5 Å². The third-order valence-electron chi connectivity index (χ3n) is 3.48. The van der Waals surface area contributed by atoms with Gasteiger partial charge in [0.1, 0.15) is 0 Å². The van der Waals surface area contributed by atoms with Gasteiger partial charge in [0.2, 0.25) is 0 Å². The molecule has 2 bridgehead atoms. The van der Waals surface area contributed by atoms with Crippen molar-refractivity contribution in [2.75, 3.05) is 0 Å². The maximum atomic E-state index is 4.00. The Morgan fingerprint density at radius 2 is 1.29 bits per heavy atom. The molecule has 14 heavy (non-hydrogen) atoms. The molecule has 0 heterocycles. The van der Waals surface area contributed by atoms with Crippen LogP contribution < -0.4 is 0 Å². The molecule has 1 fully saturated rings. The zero-order chi connectivity index (χ0) is 9.80. The van der Waals surface area contributed by atoms with Crippen LogP contribution in [-0.4, -0.2) is 0 Å². The minimum absolute atomic E-state index is 0.786. The first-order valence-corrected chi connectivity index (χ1v) is 6.04. The van der Waals surface area contributed by atoms with Crippen LogP contribution in [0.4, 0.5) is 0 Å². The molecule has 0 saturated heterocycles. The molecule has 3 aliphatic carbocycles. The fourth-order valence-electron chi connectivity index (χ4n) is 2.51. The molecular weight excluding hydrogens is 168 g/mol. The molecule has 0 aromatic rings. The van der Waals surface area contributed by atoms with Crippen molar-refractivity contribution < 1.29 is 0 Å². The number of fused-ring (bicyclic) bond motifs is 2. The second-order valence-electron chi connectivity index (χ2n) is 4.84. The molecule has 0 aromatic heterocycles. The van der Waals surface area contributed by atoms with Crippen molar-refractivity contribution in [1.29, 1.82) is 0 Å². The Labute approximate surface area is 88.1 Å². The fraction of sp³-hybridized carbons (Fsp3) is 0.643. The van der Waals surface area contributed by atoms with Crippen molar-refractivity contribution in [3.05, 3.63) is 31.2 Å². The van der Waals surface area contributed by atoms with Crippen LogP contribution in [-0.2, 0) is 0 Å². The van der Waals surface area contributed by atoms with Crippen LogP contribution in [0, 0.1) is 24.7 Å². The van der Waals surface area contributed by atoms with E-state index in [1.54, 1.807) is 0 Å². The third kappa shape index (κ3) is 2.73. The maximum absolute atomic E-state index is 4.00. The van der Waals surface area contributed by atoms with Crippen molar-refractivity contribution >= 4 is 0 Å². The van der Waals surface area contributed by atoms with Gasteiger partial charge >= 0.3 is 0 Å². The Kier molecular flexibility index (Phi) is 3.44. The minimum Gasteiger partial charge on any atom is -0.0810 e. The summed E-state index contributed by atoms with van der Waals surface area (Å²) in [6.45, 7) is 4.00. The molecule has 0 N–H and O–H groups in total. The second-order valence-corrected chi connectivity index (χ2v) is 4.84. The van der Waals surface area contributed by atoms with Crippen LogP contribution in [0.15, 0.2) is 24.3 Å². The average Bonchev–Trinajstić information content (AvgIpc) is 2.83. The topological polar surface area (TPSA) is 0 Å². The summed E-state index contributed by atoms with van der Waals surface area (Å²) in [5.41, 5.74) is 0. The van der Waals surface area contributed by atoms with Crippen LogP contribution in [0.3, 0.4) is 0 Å². The van der Waals surface area contributed by atoms with Gasteiger partial charge in [-0.25, -0.2) is 0 Å². The van der Waals surface area contributed by atoms with E-state index in [1.807, 2.05) is 0 Å². The Morgan fingerprint density at radius 1 is 0.786 bits per heavy atom. The van der Waals surface area contributed by atoms with Crippen LogP contribution in [0.25, 0.3) is 0 Å². The highest BCUT2D eigenvalue weighted by Crippen LogP contribution is 2.31. The molecule has 0 aliphatic heterocycles. The fourth-order valence-corrected chi connectivity index (χ4v) is 2.51. The number of hydrogen-bond acceptors (Lipinski definition) is 0. The molecule has 0 unspecified atom stereocenters. The van der Waals surface area contributed by atoms with Crippen LogP contribution in [0.1, 0.15) is 38.5 Å². The van der Waals surface area contributed by atoms with Crippen LogP contribution >= 0.6 is 0 Å². The van der Waals surface area contributed by atoms with Crippen molar-refractivity contribution in [2.45, 2.75) is 38.5 Å². The van der Waals surface area contributed by atoms with E-state index in [0.717, 1.165) is 17.8 Å². The first-order valence-electron chi connectivity index (χ1n) is 6.04. The lowest BCUT2D eigenvalue weighted by atomic mass is 9.91. The van der Waals surface area contributed by atoms with Gasteiger partial charge in [0.05, 0.1) is 0 Å². The van der Waals surface area contributed by atoms with Gasteiger partial charge < -0.3 is 0 Å². The number of hydrogen-bond donors (Lipinski definition) is 0. The molecule has 1 radical (unpaired) electrons. The van der Waals surface area contributed by atoms with E-state index in [0.29, 0.717) is 0 Å². The first kappa shape index (κ1) is 10.0. The van der Waals surface area contributed by atoms with E-state index >= 15 is 0 Å². The van der Waals surface area contributed by atoms with Gasteiger partial charge in [-0.3, -0.25) is 0 Å². The van der Waals surface area contributed by atoms with Gasteiger partial charge in [-0.2, -0.15) is 0 Å². The summed E-state index contributed by atoms with van der Waals surface area (Å²) in [5, 5.41) is 0. The second kappa shape index (κ2) is 4.82. The molecule has 1 saturated carbocycles. The molecule has 0 nitrogen and oxygen atoms in total. The summed E-state index contributed by atoms with van der Waals surface area (Å²) >= 11 is 0. The first-order chi connectivity index (χ1) is 6.84. The Bertz CT molecular complexity index is 190. The van der Waals surface area contributed by atoms with E-state index < -0.39 is 0 Å². The predicted octanol–water partition coefficient (Wildman–Crippen LogP) is 4.15. The summed E-state index contributed by atoms with van der Waals surface area (Å²) in [5.74, 6) is 2.41. The van der Waals surface area contributed by atoms with Gasteiger partial charge in [-0.1, -0.05) is 63.3 Å². The predicted molar refractivity (Wildman–Crippen MR) is 61.8 cm³/mol. The number of allylic oxidation sites excluding steroid dienone is 4. The normalized spacial score (nSPS) is 34.4. The Hall–Kier alpha value is -0.520. The highest BCUT2D eigenvalue weighted by atomic mass is 14.2. The molecule has 0 amide bonds. The minimum atomic E-state index is 0.786. The highest BCUT2D eigenvalue weighted by Gasteiger charge is 2.19. The number of rotatable bonds is 0. The lowest BCUT2D eigenvalue weighted by Crippen LogP contribution is -2.00. The van der Waals surface area contributed by atoms with E-state index in [2.05, 4.69) is 31.2 Å². The smallest absolute Gasteiger partial charge is 0.00445 e. The lowest BCUT2D eigenvalue weighted by molar-refractivity contribution is 0.417. The molecule has 3 rings (SSSR count). The summed E-state index contributed by atoms with van der Waals surface area (Å²) < 4.78 is 0. The Balaban J connectivity index is 0.000000107. The molecule has 77 valence electrons. The summed E-state index contributed by atoms with van der Waals surface area (Å²) in [6, 6.07) is 0. The van der Waals surface area contributed by atoms with E-state index in [4.69, 9.17) is 0 Å². The summed E-state index contributed by atoms with van der Waals surface area (Å²) in [7, 11) is 0. The molecule has 0 heteroatoms. The van der Waals surface area contributed by atoms with Crippen molar-refractivity contribution in [3.8, 4) is 0 Å². The van der Waals surface area contributed by atoms with Crippen molar-refractivity contribution in [1.82, 2.24) is 0 Å². The monoisotopic (exact) mass is 189 g/mol. The van der Waals surface area contributed by atoms with Gasteiger partial charge in [0.25, 0.3) is 0 Å². The molecular formula is C14H21. The average molecular weight is 189 g/mol. The van der Waals surface area contributed by atoms with E-state index in [9.17, 15) is 0 Å². The van der Waals surface area contributed by atoms with Gasteiger partial charge in [0.15, 0.2) is 0 Å². The van der Waals surface area contributed by atoms with Gasteiger partial charge in [0, 0.05) is 0 Å².